The van der Waals surface area contributed by atoms with Gasteiger partial charge in [0.1, 0.15) is 17.6 Å². The second-order valence-electron chi connectivity index (χ2n) is 5.08. The minimum atomic E-state index is -0.559. The molecule has 0 bridgehead atoms. The standard InChI is InChI=1S/C14H22FN3O2/c1-8(2)7-17-14(19)9(3)18-12-6-13(20-4)11(16)5-10(12)15/h5-6,8-9,18H,7,16H2,1-4H3,(H,17,19). The Hall–Kier alpha value is -1.98. The predicted octanol–water partition coefficient (Wildman–Crippen LogP) is 1.99. The van der Waals surface area contributed by atoms with Gasteiger partial charge >= 0.3 is 0 Å². The fourth-order valence-electron chi connectivity index (χ4n) is 1.61. The number of methoxy groups -OCH3 is 1. The third kappa shape index (κ3) is 4.29. The Labute approximate surface area is 118 Å². The lowest BCUT2D eigenvalue weighted by Gasteiger charge is -2.17. The van der Waals surface area contributed by atoms with Gasteiger partial charge in [-0.2, -0.15) is 0 Å². The zero-order valence-corrected chi connectivity index (χ0v) is 12.3. The third-order valence-electron chi connectivity index (χ3n) is 2.77. The van der Waals surface area contributed by atoms with Crippen LogP contribution in [0.3, 0.4) is 0 Å². The maximum absolute atomic E-state index is 13.8. The SMILES string of the molecule is COc1cc(NC(C)C(=O)NCC(C)C)c(F)cc1N. The molecule has 6 heteroatoms. The Morgan fingerprint density at radius 3 is 2.60 bits per heavy atom. The molecule has 0 saturated heterocycles. The number of carbonyl (C=O) groups is 1. The number of hydrogen-bond acceptors (Lipinski definition) is 4. The number of benzene rings is 1. The zero-order valence-electron chi connectivity index (χ0n) is 12.3. The van der Waals surface area contributed by atoms with Crippen LogP contribution in [0.4, 0.5) is 15.8 Å². The molecule has 0 aliphatic rings. The molecule has 1 aromatic carbocycles. The number of nitrogens with one attached hydrogen (secondary N) is 2. The fraction of sp³-hybridized carbons (Fsp3) is 0.500. The molecule has 20 heavy (non-hydrogen) atoms. The number of hydrogen-bond donors (Lipinski definition) is 3. The number of halogens is 1. The van der Waals surface area contributed by atoms with Gasteiger partial charge in [0.05, 0.1) is 18.5 Å². The van der Waals surface area contributed by atoms with Gasteiger partial charge < -0.3 is 21.1 Å². The summed E-state index contributed by atoms with van der Waals surface area (Å²) < 4.78 is 18.8. The van der Waals surface area contributed by atoms with E-state index in [9.17, 15) is 9.18 Å². The van der Waals surface area contributed by atoms with Gasteiger partial charge in [0.2, 0.25) is 5.91 Å². The van der Waals surface area contributed by atoms with Gasteiger partial charge in [-0.05, 0) is 12.8 Å². The maximum Gasteiger partial charge on any atom is 0.242 e. The highest BCUT2D eigenvalue weighted by Crippen LogP contribution is 2.28. The van der Waals surface area contributed by atoms with Crippen molar-refractivity contribution >= 4 is 17.3 Å². The lowest BCUT2D eigenvalue weighted by atomic mass is 10.2. The summed E-state index contributed by atoms with van der Waals surface area (Å²) in [5.41, 5.74) is 6.00. The Bertz CT molecular complexity index is 478. The maximum atomic E-state index is 13.8. The minimum absolute atomic E-state index is 0.184. The average molecular weight is 283 g/mol. The first-order valence-electron chi connectivity index (χ1n) is 6.52. The van der Waals surface area contributed by atoms with Crippen molar-refractivity contribution in [2.75, 3.05) is 24.7 Å². The van der Waals surface area contributed by atoms with Crippen LogP contribution in [0.1, 0.15) is 20.8 Å². The Morgan fingerprint density at radius 2 is 2.05 bits per heavy atom. The summed E-state index contributed by atoms with van der Waals surface area (Å²) in [4.78, 5) is 11.8. The van der Waals surface area contributed by atoms with Crippen molar-refractivity contribution in [3.63, 3.8) is 0 Å². The molecule has 0 aromatic heterocycles. The van der Waals surface area contributed by atoms with Crippen LogP contribution in [0.5, 0.6) is 5.75 Å². The van der Waals surface area contributed by atoms with Crippen molar-refractivity contribution in [1.29, 1.82) is 0 Å². The number of anilines is 2. The van der Waals surface area contributed by atoms with Gasteiger partial charge in [0.15, 0.2) is 0 Å². The summed E-state index contributed by atoms with van der Waals surface area (Å²) in [6.07, 6.45) is 0. The fourth-order valence-corrected chi connectivity index (χ4v) is 1.61. The quantitative estimate of drug-likeness (QED) is 0.698. The van der Waals surface area contributed by atoms with E-state index in [0.717, 1.165) is 0 Å². The highest BCUT2D eigenvalue weighted by molar-refractivity contribution is 5.84. The van der Waals surface area contributed by atoms with E-state index >= 15 is 0 Å². The summed E-state index contributed by atoms with van der Waals surface area (Å²) in [6.45, 7) is 6.25. The number of nitrogens with two attached hydrogens (primary N) is 1. The number of nitrogen functional groups attached to an aromatic ring is 1. The van der Waals surface area contributed by atoms with Crippen molar-refractivity contribution in [2.45, 2.75) is 26.8 Å². The zero-order chi connectivity index (χ0) is 15.3. The van der Waals surface area contributed by atoms with Crippen LogP contribution < -0.4 is 21.1 Å². The summed E-state index contributed by atoms with van der Waals surface area (Å²) in [7, 11) is 1.45. The molecule has 1 aromatic rings. The lowest BCUT2D eigenvalue weighted by molar-refractivity contribution is -0.121. The van der Waals surface area contributed by atoms with Crippen molar-refractivity contribution in [2.24, 2.45) is 5.92 Å². The second kappa shape index (κ2) is 6.98. The summed E-state index contributed by atoms with van der Waals surface area (Å²) in [5.74, 6) is 0.0175. The Balaban J connectivity index is 2.75. The molecule has 1 amide bonds. The molecule has 0 fully saturated rings. The van der Waals surface area contributed by atoms with Crippen molar-refractivity contribution < 1.29 is 13.9 Å². The van der Waals surface area contributed by atoms with Crippen LogP contribution in [0.15, 0.2) is 12.1 Å². The Kier molecular flexibility index (Phi) is 5.61. The minimum Gasteiger partial charge on any atom is -0.495 e. The molecule has 112 valence electrons. The highest BCUT2D eigenvalue weighted by Gasteiger charge is 2.16. The van der Waals surface area contributed by atoms with E-state index in [0.29, 0.717) is 18.2 Å². The van der Waals surface area contributed by atoms with Crippen LogP contribution in [0, 0.1) is 11.7 Å². The molecule has 0 aliphatic heterocycles. The first kappa shape index (κ1) is 16.1. The topological polar surface area (TPSA) is 76.4 Å². The molecule has 4 N–H and O–H groups in total. The molecular formula is C14H22FN3O2. The van der Waals surface area contributed by atoms with Crippen LogP contribution in [-0.4, -0.2) is 25.6 Å². The summed E-state index contributed by atoms with van der Waals surface area (Å²) >= 11 is 0. The van der Waals surface area contributed by atoms with Gasteiger partial charge in [0, 0.05) is 18.7 Å². The molecule has 1 atom stereocenters. The number of carbonyl (C=O) groups excluding carboxylic acids is 1. The molecule has 0 radical (unpaired) electrons. The number of ether oxygens (including phenoxy) is 1. The molecule has 0 aliphatic carbocycles. The van der Waals surface area contributed by atoms with Crippen molar-refractivity contribution in [1.82, 2.24) is 5.32 Å². The molecule has 5 nitrogen and oxygen atoms in total. The second-order valence-corrected chi connectivity index (χ2v) is 5.08. The van der Waals surface area contributed by atoms with Crippen molar-refractivity contribution in [3.05, 3.63) is 17.9 Å². The molecular weight excluding hydrogens is 261 g/mol. The molecule has 1 unspecified atom stereocenters. The van der Waals surface area contributed by atoms with E-state index < -0.39 is 11.9 Å². The first-order chi connectivity index (χ1) is 9.35. The number of rotatable bonds is 6. The third-order valence-corrected chi connectivity index (χ3v) is 2.77. The van der Waals surface area contributed by atoms with Gasteiger partial charge in [-0.3, -0.25) is 4.79 Å². The highest BCUT2D eigenvalue weighted by atomic mass is 19.1. The average Bonchev–Trinajstić information content (AvgIpc) is 2.38. The summed E-state index contributed by atoms with van der Waals surface area (Å²) in [6, 6.07) is 2.05. The molecule has 1 rings (SSSR count). The Morgan fingerprint density at radius 1 is 1.40 bits per heavy atom. The van der Waals surface area contributed by atoms with Gasteiger partial charge in [-0.1, -0.05) is 13.8 Å². The summed E-state index contributed by atoms with van der Waals surface area (Å²) in [5, 5.41) is 5.59. The van der Waals surface area contributed by atoms with Crippen LogP contribution >= 0.6 is 0 Å². The van der Waals surface area contributed by atoms with E-state index in [4.69, 9.17) is 10.5 Å². The number of amides is 1. The van der Waals surface area contributed by atoms with Gasteiger partial charge in [-0.15, -0.1) is 0 Å². The monoisotopic (exact) mass is 283 g/mol. The van der Waals surface area contributed by atoms with E-state index in [1.807, 2.05) is 13.8 Å². The van der Waals surface area contributed by atoms with Crippen LogP contribution in [0.25, 0.3) is 0 Å². The smallest absolute Gasteiger partial charge is 0.242 e. The van der Waals surface area contributed by atoms with Gasteiger partial charge in [0.25, 0.3) is 0 Å². The van der Waals surface area contributed by atoms with Crippen LogP contribution in [-0.2, 0) is 4.79 Å². The molecule has 0 heterocycles. The van der Waals surface area contributed by atoms with Gasteiger partial charge in [-0.25, -0.2) is 4.39 Å². The predicted molar refractivity (Wildman–Crippen MR) is 78.3 cm³/mol. The van der Waals surface area contributed by atoms with E-state index in [1.165, 1.54) is 19.2 Å². The van der Waals surface area contributed by atoms with E-state index in [-0.39, 0.29) is 17.3 Å². The van der Waals surface area contributed by atoms with Crippen LogP contribution in [0.2, 0.25) is 0 Å². The van der Waals surface area contributed by atoms with E-state index in [1.54, 1.807) is 6.92 Å². The molecule has 0 spiro atoms. The lowest BCUT2D eigenvalue weighted by Crippen LogP contribution is -2.39. The molecule has 0 saturated carbocycles. The van der Waals surface area contributed by atoms with E-state index in [2.05, 4.69) is 10.6 Å². The van der Waals surface area contributed by atoms with Crippen molar-refractivity contribution in [3.8, 4) is 5.75 Å². The first-order valence-corrected chi connectivity index (χ1v) is 6.52. The normalized spacial score (nSPS) is 12.1. The largest absolute Gasteiger partial charge is 0.495 e.